The van der Waals surface area contributed by atoms with Gasteiger partial charge in [0.2, 0.25) is 0 Å². The second-order valence-corrected chi connectivity index (χ2v) is 8.94. The van der Waals surface area contributed by atoms with Crippen LogP contribution in [-0.2, 0) is 22.6 Å². The van der Waals surface area contributed by atoms with Gasteiger partial charge in [-0.25, -0.2) is 4.98 Å². The second-order valence-electron chi connectivity index (χ2n) is 7.91. The van der Waals surface area contributed by atoms with Gasteiger partial charge < -0.3 is 9.30 Å². The van der Waals surface area contributed by atoms with Crippen LogP contribution in [0.1, 0.15) is 34.6 Å². The van der Waals surface area contributed by atoms with Gasteiger partial charge in [-0.1, -0.05) is 30.3 Å². The summed E-state index contributed by atoms with van der Waals surface area (Å²) in [6, 6.07) is 13.5. The van der Waals surface area contributed by atoms with E-state index < -0.39 is 0 Å². The van der Waals surface area contributed by atoms with Gasteiger partial charge in [0, 0.05) is 34.8 Å². The Balaban J connectivity index is 1.55. The Bertz CT molecular complexity index is 1380. The fourth-order valence-electron chi connectivity index (χ4n) is 3.97. The normalized spacial score (nSPS) is 11.1. The zero-order valence-corrected chi connectivity index (χ0v) is 19.6. The van der Waals surface area contributed by atoms with E-state index >= 15 is 0 Å². The minimum absolute atomic E-state index is 0.0786. The van der Waals surface area contributed by atoms with Gasteiger partial charge in [-0.05, 0) is 38.0 Å². The molecule has 1 aromatic carbocycles. The molecule has 0 bridgehead atoms. The molecule has 0 amide bonds. The molecule has 8 heteroatoms. The molecule has 0 aliphatic heterocycles. The number of fused-ring (bicyclic) bond motifs is 1. The highest BCUT2D eigenvalue weighted by atomic mass is 32.1. The van der Waals surface area contributed by atoms with Crippen LogP contribution in [0, 0.1) is 13.8 Å². The van der Waals surface area contributed by atoms with Crippen molar-refractivity contribution in [2.24, 2.45) is 0 Å². The SMILES string of the molecule is COC(=O)CCCn1c(C)cc(C(=O)Cn2cnc3sc(-c4ccccc4)cc3c2=O)c1C. The Labute approximate surface area is 195 Å². The molecule has 0 saturated heterocycles. The van der Waals surface area contributed by atoms with Gasteiger partial charge in [0.25, 0.3) is 5.56 Å². The van der Waals surface area contributed by atoms with E-state index in [1.54, 1.807) is 0 Å². The monoisotopic (exact) mass is 463 g/mol. The van der Waals surface area contributed by atoms with Gasteiger partial charge in [0.1, 0.15) is 4.83 Å². The third-order valence-electron chi connectivity index (χ3n) is 5.75. The van der Waals surface area contributed by atoms with Crippen molar-refractivity contribution in [3.8, 4) is 10.4 Å². The highest BCUT2D eigenvalue weighted by Crippen LogP contribution is 2.30. The zero-order chi connectivity index (χ0) is 23.5. The standard InChI is InChI=1S/C25H25N3O4S/c1-16-12-19(17(2)28(16)11-7-10-23(30)32-3)21(29)14-27-15-26-24-20(25(27)31)13-22(33-24)18-8-5-4-6-9-18/h4-6,8-9,12-13,15H,7,10-11,14H2,1-3H3. The van der Waals surface area contributed by atoms with Gasteiger partial charge in [-0.15, -0.1) is 11.3 Å². The summed E-state index contributed by atoms with van der Waals surface area (Å²) in [5, 5.41) is 0.516. The number of ketones is 1. The van der Waals surface area contributed by atoms with Crippen LogP contribution in [0.4, 0.5) is 0 Å². The van der Waals surface area contributed by atoms with E-state index in [0.29, 0.717) is 35.2 Å². The predicted molar refractivity (Wildman–Crippen MR) is 129 cm³/mol. The van der Waals surface area contributed by atoms with E-state index in [-0.39, 0.29) is 23.9 Å². The fourth-order valence-corrected chi connectivity index (χ4v) is 4.96. The average molecular weight is 464 g/mol. The quantitative estimate of drug-likeness (QED) is 0.286. The number of methoxy groups -OCH3 is 1. The maximum absolute atomic E-state index is 13.1. The Morgan fingerprint density at radius 3 is 2.61 bits per heavy atom. The second kappa shape index (κ2) is 9.54. The molecule has 0 radical (unpaired) electrons. The maximum atomic E-state index is 13.1. The Kier molecular flexibility index (Phi) is 6.55. The number of nitrogens with zero attached hydrogens (tertiary/aromatic N) is 3. The van der Waals surface area contributed by atoms with Crippen molar-refractivity contribution in [1.29, 1.82) is 0 Å². The van der Waals surface area contributed by atoms with Crippen LogP contribution in [-0.4, -0.2) is 33.0 Å². The molecule has 0 N–H and O–H groups in total. The summed E-state index contributed by atoms with van der Waals surface area (Å²) in [6.45, 7) is 4.35. The average Bonchev–Trinajstić information content (AvgIpc) is 3.38. The van der Waals surface area contributed by atoms with Crippen LogP contribution in [0.15, 0.2) is 53.6 Å². The first-order valence-electron chi connectivity index (χ1n) is 10.7. The van der Waals surface area contributed by atoms with Crippen LogP contribution < -0.4 is 5.56 Å². The number of thiophene rings is 1. The molecular weight excluding hydrogens is 438 g/mol. The van der Waals surface area contributed by atoms with Gasteiger partial charge in [-0.2, -0.15) is 0 Å². The Hall–Kier alpha value is -3.52. The Morgan fingerprint density at radius 2 is 1.88 bits per heavy atom. The Morgan fingerprint density at radius 1 is 1.12 bits per heavy atom. The summed E-state index contributed by atoms with van der Waals surface area (Å²) in [7, 11) is 1.37. The van der Waals surface area contributed by atoms with Crippen LogP contribution in [0.3, 0.4) is 0 Å². The van der Waals surface area contributed by atoms with Gasteiger partial charge in [0.05, 0.1) is 25.4 Å². The van der Waals surface area contributed by atoms with Crippen molar-refractivity contribution < 1.29 is 14.3 Å². The lowest BCUT2D eigenvalue weighted by Gasteiger charge is -2.09. The smallest absolute Gasteiger partial charge is 0.305 e. The van der Waals surface area contributed by atoms with Gasteiger partial charge in [0.15, 0.2) is 5.78 Å². The molecule has 0 saturated carbocycles. The van der Waals surface area contributed by atoms with Crippen LogP contribution >= 0.6 is 11.3 Å². The molecule has 0 aliphatic carbocycles. The molecule has 0 aliphatic rings. The van der Waals surface area contributed by atoms with Crippen molar-refractivity contribution >= 4 is 33.3 Å². The first-order valence-corrected chi connectivity index (χ1v) is 11.5. The number of esters is 1. The number of carbonyl (C=O) groups is 2. The van der Waals surface area contributed by atoms with Crippen molar-refractivity contribution in [3.63, 3.8) is 0 Å². The molecule has 0 spiro atoms. The third-order valence-corrected chi connectivity index (χ3v) is 6.85. The molecule has 4 aromatic rings. The molecule has 4 rings (SSSR count). The molecule has 7 nitrogen and oxygen atoms in total. The highest BCUT2D eigenvalue weighted by Gasteiger charge is 2.18. The number of carbonyl (C=O) groups excluding carboxylic acids is 2. The third kappa shape index (κ3) is 4.66. The van der Waals surface area contributed by atoms with E-state index in [1.807, 2.05) is 60.9 Å². The number of Topliss-reactive ketones (excluding diaryl/α,β-unsaturated/α-hetero) is 1. The number of hydrogen-bond donors (Lipinski definition) is 0. The molecule has 3 aromatic heterocycles. The first kappa shape index (κ1) is 22.7. The van der Waals surface area contributed by atoms with Crippen molar-refractivity contribution in [2.45, 2.75) is 39.8 Å². The van der Waals surface area contributed by atoms with Crippen molar-refractivity contribution in [3.05, 3.63) is 76.1 Å². The van der Waals surface area contributed by atoms with Gasteiger partial charge in [-0.3, -0.25) is 19.0 Å². The number of hydrogen-bond acceptors (Lipinski definition) is 6. The molecule has 170 valence electrons. The summed E-state index contributed by atoms with van der Waals surface area (Å²) in [5.41, 5.74) is 3.15. The molecule has 33 heavy (non-hydrogen) atoms. The minimum Gasteiger partial charge on any atom is -0.469 e. The lowest BCUT2D eigenvalue weighted by Crippen LogP contribution is -2.24. The van der Waals surface area contributed by atoms with Crippen molar-refractivity contribution in [2.75, 3.05) is 7.11 Å². The van der Waals surface area contributed by atoms with E-state index in [1.165, 1.54) is 29.3 Å². The highest BCUT2D eigenvalue weighted by molar-refractivity contribution is 7.21. The minimum atomic E-state index is -0.250. The lowest BCUT2D eigenvalue weighted by molar-refractivity contribution is -0.140. The van der Waals surface area contributed by atoms with Crippen molar-refractivity contribution in [1.82, 2.24) is 14.1 Å². The van der Waals surface area contributed by atoms with Crippen LogP contribution in [0.25, 0.3) is 20.7 Å². The topological polar surface area (TPSA) is 83.2 Å². The fraction of sp³-hybridized carbons (Fsp3) is 0.280. The number of aryl methyl sites for hydroxylation is 1. The summed E-state index contributed by atoms with van der Waals surface area (Å²) in [4.78, 5) is 43.6. The molecular formula is C25H25N3O4S. The van der Waals surface area contributed by atoms with Crippen LogP contribution in [0.2, 0.25) is 0 Å². The molecule has 0 unspecified atom stereocenters. The number of ether oxygens (including phenoxy) is 1. The lowest BCUT2D eigenvalue weighted by atomic mass is 10.1. The summed E-state index contributed by atoms with van der Waals surface area (Å²) >= 11 is 1.46. The molecule has 0 fully saturated rings. The van der Waals surface area contributed by atoms with E-state index in [9.17, 15) is 14.4 Å². The number of aromatic nitrogens is 3. The largest absolute Gasteiger partial charge is 0.469 e. The van der Waals surface area contributed by atoms with Gasteiger partial charge >= 0.3 is 5.97 Å². The summed E-state index contributed by atoms with van der Waals surface area (Å²) in [6.07, 6.45) is 2.39. The number of rotatable bonds is 8. The van der Waals surface area contributed by atoms with E-state index in [0.717, 1.165) is 21.8 Å². The summed E-state index contributed by atoms with van der Waals surface area (Å²) < 4.78 is 8.08. The first-order chi connectivity index (χ1) is 15.9. The van der Waals surface area contributed by atoms with E-state index in [4.69, 9.17) is 0 Å². The van der Waals surface area contributed by atoms with E-state index in [2.05, 4.69) is 9.72 Å². The predicted octanol–water partition coefficient (Wildman–Crippen LogP) is 4.38. The molecule has 3 heterocycles. The zero-order valence-electron chi connectivity index (χ0n) is 18.8. The summed E-state index contributed by atoms with van der Waals surface area (Å²) in [5.74, 6) is -0.399. The maximum Gasteiger partial charge on any atom is 0.305 e. The van der Waals surface area contributed by atoms with Crippen LogP contribution in [0.5, 0.6) is 0 Å². The molecule has 0 atom stereocenters. The number of benzene rings is 1.